The molecule has 1 aliphatic heterocycles. The van der Waals surface area contributed by atoms with Gasteiger partial charge in [-0.25, -0.2) is 14.0 Å². The molecule has 8 heteroatoms. The monoisotopic (exact) mass is 375 g/mol. The Bertz CT molecular complexity index is 772. The lowest BCUT2D eigenvalue weighted by atomic mass is 10.1. The Morgan fingerprint density at radius 1 is 1.00 bits per heavy atom. The summed E-state index contributed by atoms with van der Waals surface area (Å²) < 4.78 is 30.1. The molecule has 2 aromatic rings. The van der Waals surface area contributed by atoms with Crippen molar-refractivity contribution in [3.8, 4) is 0 Å². The first-order valence-corrected chi connectivity index (χ1v) is 8.27. The quantitative estimate of drug-likeness (QED) is 0.590. The Morgan fingerprint density at radius 2 is 1.56 bits per heavy atom. The van der Waals surface area contributed by atoms with Crippen molar-refractivity contribution in [3.05, 3.63) is 71.8 Å². The fourth-order valence-corrected chi connectivity index (χ4v) is 2.68. The first kappa shape index (κ1) is 19.0. The summed E-state index contributed by atoms with van der Waals surface area (Å²) in [6.07, 6.45) is -5.68. The van der Waals surface area contributed by atoms with E-state index in [-0.39, 0.29) is 12.2 Å². The van der Waals surface area contributed by atoms with E-state index in [0.29, 0.717) is 5.56 Å². The number of ether oxygens (including phenoxy) is 3. The number of nitrogens with one attached hydrogen (secondary N) is 1. The van der Waals surface area contributed by atoms with Gasteiger partial charge >= 0.3 is 11.9 Å². The average Bonchev–Trinajstić information content (AvgIpc) is 3.02. The third kappa shape index (κ3) is 4.48. The maximum atomic E-state index is 14.5. The van der Waals surface area contributed by atoms with Crippen LogP contribution in [-0.2, 0) is 14.2 Å². The van der Waals surface area contributed by atoms with Crippen LogP contribution in [0.5, 0.6) is 0 Å². The zero-order chi connectivity index (χ0) is 19.2. The van der Waals surface area contributed by atoms with Gasteiger partial charge in [-0.15, -0.1) is 0 Å². The van der Waals surface area contributed by atoms with Gasteiger partial charge in [0.15, 0.2) is 18.5 Å². The first-order valence-electron chi connectivity index (χ1n) is 8.27. The third-order valence-corrected chi connectivity index (χ3v) is 4.06. The van der Waals surface area contributed by atoms with Crippen LogP contribution < -0.4 is 5.48 Å². The van der Waals surface area contributed by atoms with Gasteiger partial charge in [-0.3, -0.25) is 0 Å². The second-order valence-corrected chi connectivity index (χ2v) is 5.87. The number of hydrogen-bond acceptors (Lipinski definition) is 7. The smallest absolute Gasteiger partial charge is 0.338 e. The zero-order valence-electron chi connectivity index (χ0n) is 14.2. The summed E-state index contributed by atoms with van der Waals surface area (Å²) in [6, 6.07) is 16.3. The van der Waals surface area contributed by atoms with Crippen LogP contribution in [0.1, 0.15) is 20.7 Å². The van der Waals surface area contributed by atoms with E-state index < -0.39 is 36.5 Å². The van der Waals surface area contributed by atoms with E-state index >= 15 is 0 Å². The Morgan fingerprint density at radius 3 is 2.11 bits per heavy atom. The summed E-state index contributed by atoms with van der Waals surface area (Å²) in [5.74, 6) is -1.37. The molecule has 2 unspecified atom stereocenters. The lowest BCUT2D eigenvalue weighted by molar-refractivity contribution is -0.0818. The van der Waals surface area contributed by atoms with Gasteiger partial charge in [0, 0.05) is 0 Å². The SMILES string of the molecule is O=C(OC[C@H]1OC(NO)[C@@H](F)C1OC(=O)c1ccccc1)c1ccccc1. The van der Waals surface area contributed by atoms with Gasteiger partial charge in [0.1, 0.15) is 12.7 Å². The van der Waals surface area contributed by atoms with Crippen molar-refractivity contribution in [2.24, 2.45) is 0 Å². The maximum absolute atomic E-state index is 14.5. The second kappa shape index (κ2) is 8.72. The van der Waals surface area contributed by atoms with Crippen molar-refractivity contribution in [3.63, 3.8) is 0 Å². The minimum Gasteiger partial charge on any atom is -0.459 e. The average molecular weight is 375 g/mol. The standard InChI is InChI=1S/C19H18FNO6/c20-15-16(27-19(23)13-9-5-2-6-10-13)14(26-17(15)21-24)11-25-18(22)12-7-3-1-4-8-12/h1-10,14-17,21,24H,11H2/t14-,15+,16?,17?/m1/s1. The fourth-order valence-electron chi connectivity index (χ4n) is 2.68. The Kier molecular flexibility index (Phi) is 6.12. The van der Waals surface area contributed by atoms with Crippen molar-refractivity contribution in [2.45, 2.75) is 24.6 Å². The number of hydrogen-bond donors (Lipinski definition) is 2. The van der Waals surface area contributed by atoms with Crippen LogP contribution in [0.4, 0.5) is 4.39 Å². The molecule has 1 fully saturated rings. The molecule has 2 aromatic carbocycles. The van der Waals surface area contributed by atoms with Crippen LogP contribution >= 0.6 is 0 Å². The number of alkyl halides is 1. The van der Waals surface area contributed by atoms with Gasteiger partial charge < -0.3 is 19.4 Å². The van der Waals surface area contributed by atoms with Crippen LogP contribution in [0.3, 0.4) is 0 Å². The molecule has 1 heterocycles. The molecule has 0 aliphatic carbocycles. The fraction of sp³-hybridized carbons (Fsp3) is 0.263. The summed E-state index contributed by atoms with van der Waals surface area (Å²) in [4.78, 5) is 24.3. The third-order valence-electron chi connectivity index (χ3n) is 4.06. The van der Waals surface area contributed by atoms with Gasteiger partial charge in [0.05, 0.1) is 11.1 Å². The number of benzene rings is 2. The minimum absolute atomic E-state index is 0.241. The van der Waals surface area contributed by atoms with E-state index in [2.05, 4.69) is 0 Å². The number of carbonyl (C=O) groups excluding carboxylic acids is 2. The van der Waals surface area contributed by atoms with Gasteiger partial charge in [-0.05, 0) is 24.3 Å². The number of rotatable bonds is 6. The number of esters is 2. The summed E-state index contributed by atoms with van der Waals surface area (Å²) in [5, 5.41) is 9.02. The van der Waals surface area contributed by atoms with Crippen molar-refractivity contribution in [1.29, 1.82) is 0 Å². The Balaban J connectivity index is 1.66. The number of hydroxylamine groups is 1. The van der Waals surface area contributed by atoms with E-state index in [1.54, 1.807) is 54.0 Å². The summed E-state index contributed by atoms with van der Waals surface area (Å²) in [7, 11) is 0. The lowest BCUT2D eigenvalue weighted by Gasteiger charge is -2.19. The van der Waals surface area contributed by atoms with Crippen LogP contribution in [-0.4, -0.2) is 48.4 Å². The maximum Gasteiger partial charge on any atom is 0.338 e. The molecule has 0 amide bonds. The molecule has 0 spiro atoms. The second-order valence-electron chi connectivity index (χ2n) is 5.87. The van der Waals surface area contributed by atoms with Crippen LogP contribution in [0.2, 0.25) is 0 Å². The molecule has 142 valence electrons. The van der Waals surface area contributed by atoms with Gasteiger partial charge in [0.25, 0.3) is 0 Å². The molecule has 0 saturated carbocycles. The predicted molar refractivity (Wildman–Crippen MR) is 90.8 cm³/mol. The van der Waals surface area contributed by atoms with Crippen LogP contribution in [0.25, 0.3) is 0 Å². The van der Waals surface area contributed by atoms with Crippen molar-refractivity contribution >= 4 is 11.9 Å². The molecule has 0 bridgehead atoms. The first-order chi connectivity index (χ1) is 13.1. The normalized spacial score (nSPS) is 24.4. The summed E-state index contributed by atoms with van der Waals surface area (Å²) in [5.41, 5.74) is 2.24. The molecule has 7 nitrogen and oxygen atoms in total. The number of halogens is 1. The number of carbonyl (C=O) groups is 2. The molecule has 1 aliphatic rings. The minimum atomic E-state index is -1.84. The lowest BCUT2D eigenvalue weighted by Crippen LogP contribution is -2.39. The molecular formula is C19H18FNO6. The highest BCUT2D eigenvalue weighted by molar-refractivity contribution is 5.90. The van der Waals surface area contributed by atoms with E-state index in [1.165, 1.54) is 12.1 Å². The Hall–Kier alpha value is -2.81. The highest BCUT2D eigenvalue weighted by atomic mass is 19.1. The van der Waals surface area contributed by atoms with Crippen LogP contribution in [0.15, 0.2) is 60.7 Å². The highest BCUT2D eigenvalue weighted by Gasteiger charge is 2.48. The topological polar surface area (TPSA) is 94.1 Å². The van der Waals surface area contributed by atoms with Gasteiger partial charge in [0.2, 0.25) is 0 Å². The van der Waals surface area contributed by atoms with Crippen molar-refractivity contribution < 1.29 is 33.4 Å². The molecule has 27 heavy (non-hydrogen) atoms. The largest absolute Gasteiger partial charge is 0.459 e. The molecule has 0 aromatic heterocycles. The van der Waals surface area contributed by atoms with Crippen molar-refractivity contribution in [2.75, 3.05) is 6.61 Å². The molecule has 3 rings (SSSR count). The predicted octanol–water partition coefficient (Wildman–Crippen LogP) is 2.11. The summed E-state index contributed by atoms with van der Waals surface area (Å²) in [6.45, 7) is -0.348. The van der Waals surface area contributed by atoms with Crippen LogP contribution in [0, 0.1) is 0 Å². The molecule has 1 saturated heterocycles. The molecular weight excluding hydrogens is 357 g/mol. The van der Waals surface area contributed by atoms with Crippen molar-refractivity contribution in [1.82, 2.24) is 5.48 Å². The zero-order valence-corrected chi connectivity index (χ0v) is 14.2. The van der Waals surface area contributed by atoms with Gasteiger partial charge in [-0.2, -0.15) is 5.48 Å². The van der Waals surface area contributed by atoms with Gasteiger partial charge in [-0.1, -0.05) is 36.4 Å². The molecule has 0 radical (unpaired) electrons. The highest BCUT2D eigenvalue weighted by Crippen LogP contribution is 2.26. The van der Waals surface area contributed by atoms with E-state index in [4.69, 9.17) is 19.4 Å². The Labute approximate surface area is 154 Å². The summed E-state index contributed by atoms with van der Waals surface area (Å²) >= 11 is 0. The van der Waals surface area contributed by atoms with E-state index in [1.807, 2.05) is 0 Å². The van der Waals surface area contributed by atoms with E-state index in [9.17, 15) is 14.0 Å². The molecule has 2 N–H and O–H groups in total. The van der Waals surface area contributed by atoms with E-state index in [0.717, 1.165) is 0 Å². The molecule has 4 atom stereocenters.